The summed E-state index contributed by atoms with van der Waals surface area (Å²) in [7, 11) is 1.91. The van der Waals surface area contributed by atoms with Crippen LogP contribution in [0.3, 0.4) is 0 Å². The van der Waals surface area contributed by atoms with E-state index in [-0.39, 0.29) is 5.41 Å². The van der Waals surface area contributed by atoms with E-state index in [1.807, 2.05) is 13.1 Å². The lowest BCUT2D eigenvalue weighted by atomic mass is 9.86. The van der Waals surface area contributed by atoms with E-state index in [0.717, 1.165) is 33.9 Å². The Balaban J connectivity index is 2.10. The number of pyridine rings is 1. The van der Waals surface area contributed by atoms with E-state index in [9.17, 15) is 0 Å². The number of hydrogen-bond donors (Lipinski definition) is 2. The van der Waals surface area contributed by atoms with Crippen molar-refractivity contribution in [2.45, 2.75) is 32.7 Å². The second kappa shape index (κ2) is 7.21. The van der Waals surface area contributed by atoms with Crippen LogP contribution in [0.4, 0.5) is 5.82 Å². The summed E-state index contributed by atoms with van der Waals surface area (Å²) >= 11 is 2.11. The van der Waals surface area contributed by atoms with Crippen molar-refractivity contribution in [3.05, 3.63) is 41.5 Å². The molecule has 1 aromatic carbocycles. The number of aliphatic imine (C=N–C) groups is 1. The number of imidazole rings is 1. The highest BCUT2D eigenvalue weighted by Crippen LogP contribution is 2.28. The van der Waals surface area contributed by atoms with Gasteiger partial charge in [0.15, 0.2) is 11.5 Å². The number of rotatable bonds is 4. The second-order valence-electron chi connectivity index (χ2n) is 7.01. The van der Waals surface area contributed by atoms with Crippen LogP contribution >= 0.6 is 22.6 Å². The molecule has 0 bridgehead atoms. The van der Waals surface area contributed by atoms with Crippen molar-refractivity contribution in [2.24, 2.45) is 4.99 Å². The molecule has 2 N–H and O–H groups in total. The van der Waals surface area contributed by atoms with Gasteiger partial charge in [-0.15, -0.1) is 0 Å². The van der Waals surface area contributed by atoms with E-state index in [0.29, 0.717) is 6.54 Å². The van der Waals surface area contributed by atoms with Gasteiger partial charge in [-0.3, -0.25) is 0 Å². The van der Waals surface area contributed by atoms with Crippen LogP contribution in [0.15, 0.2) is 35.3 Å². The molecular formula is C19H22IN5. The molecule has 3 aromatic rings. The molecule has 0 aliphatic heterocycles. The second-order valence-corrected chi connectivity index (χ2v) is 7.57. The number of nitrogens with zero attached hydrogens (tertiary/aromatic N) is 3. The van der Waals surface area contributed by atoms with Crippen molar-refractivity contribution >= 4 is 43.8 Å². The Labute approximate surface area is 161 Å². The van der Waals surface area contributed by atoms with E-state index < -0.39 is 0 Å². The molecule has 2 aromatic heterocycles. The molecule has 0 unspecified atom stereocenters. The van der Waals surface area contributed by atoms with Crippen LogP contribution in [-0.2, 0) is 12.0 Å². The van der Waals surface area contributed by atoms with Crippen LogP contribution in [0, 0.1) is 0 Å². The molecule has 0 saturated carbocycles. The van der Waals surface area contributed by atoms with E-state index in [4.69, 9.17) is 4.98 Å². The lowest BCUT2D eigenvalue weighted by Gasteiger charge is -2.19. The molecule has 0 radical (unpaired) electrons. The minimum atomic E-state index is 0.0996. The summed E-state index contributed by atoms with van der Waals surface area (Å²) in [5.74, 6) is 1.55. The third-order valence-corrected chi connectivity index (χ3v) is 4.35. The minimum Gasteiger partial charge on any atom is -0.323 e. The normalized spacial score (nSPS) is 12.4. The molecule has 0 saturated heterocycles. The van der Waals surface area contributed by atoms with Crippen LogP contribution in [0.25, 0.3) is 22.6 Å². The standard InChI is InChI=1S/C19H22IN5/c1-19(2,3)14-7-5-6-12(8-14)17-23-15-9-13(10-21-4)16(22-11-20)24-18(15)25-17/h5-9,11,21H,10H2,1-4H3,(H,23,24,25)/b22-11+. The molecule has 0 amide bonds. The molecule has 0 aliphatic rings. The monoisotopic (exact) mass is 447 g/mol. The van der Waals surface area contributed by atoms with Gasteiger partial charge in [-0.25, -0.2) is 15.0 Å². The Bertz CT molecular complexity index is 921. The van der Waals surface area contributed by atoms with Gasteiger partial charge in [0.2, 0.25) is 0 Å². The summed E-state index contributed by atoms with van der Waals surface area (Å²) in [5, 5.41) is 3.16. The van der Waals surface area contributed by atoms with Crippen LogP contribution in [0.1, 0.15) is 31.9 Å². The summed E-state index contributed by atoms with van der Waals surface area (Å²) in [6.07, 6.45) is 0. The Morgan fingerprint density at radius 1 is 1.24 bits per heavy atom. The number of aromatic nitrogens is 3. The van der Waals surface area contributed by atoms with Crippen molar-refractivity contribution in [1.29, 1.82) is 0 Å². The maximum absolute atomic E-state index is 4.75. The third kappa shape index (κ3) is 3.90. The number of hydrogen-bond acceptors (Lipinski definition) is 4. The average Bonchev–Trinajstić information content (AvgIpc) is 2.98. The van der Waals surface area contributed by atoms with Crippen LogP contribution < -0.4 is 5.32 Å². The van der Waals surface area contributed by atoms with Gasteiger partial charge in [-0.1, -0.05) is 39.0 Å². The highest BCUT2D eigenvalue weighted by Gasteiger charge is 2.16. The molecule has 5 nitrogen and oxygen atoms in total. The number of fused-ring (bicyclic) bond motifs is 1. The zero-order valence-corrected chi connectivity index (χ0v) is 17.0. The molecule has 0 aliphatic carbocycles. The van der Waals surface area contributed by atoms with Gasteiger partial charge in [0.1, 0.15) is 11.3 Å². The van der Waals surface area contributed by atoms with E-state index in [1.165, 1.54) is 5.56 Å². The number of nitrogens with one attached hydrogen (secondary N) is 2. The average molecular weight is 447 g/mol. The van der Waals surface area contributed by atoms with E-state index in [2.05, 4.69) is 87.9 Å². The Hall–Kier alpha value is -1.80. The zero-order chi connectivity index (χ0) is 18.0. The topological polar surface area (TPSA) is 66.0 Å². The van der Waals surface area contributed by atoms with E-state index >= 15 is 0 Å². The van der Waals surface area contributed by atoms with Gasteiger partial charge >= 0.3 is 0 Å². The summed E-state index contributed by atoms with van der Waals surface area (Å²) in [5.41, 5.74) is 5.10. The predicted octanol–water partition coefficient (Wildman–Crippen LogP) is 4.74. The van der Waals surface area contributed by atoms with Crippen LogP contribution in [0.2, 0.25) is 0 Å². The predicted molar refractivity (Wildman–Crippen MR) is 113 cm³/mol. The van der Waals surface area contributed by atoms with Crippen molar-refractivity contribution < 1.29 is 0 Å². The lowest BCUT2D eigenvalue weighted by Crippen LogP contribution is -2.10. The van der Waals surface area contributed by atoms with Crippen LogP contribution in [-0.4, -0.2) is 26.2 Å². The van der Waals surface area contributed by atoms with Gasteiger partial charge in [-0.2, -0.15) is 0 Å². The van der Waals surface area contributed by atoms with Gasteiger partial charge in [-0.05, 0) is 52.7 Å². The fraction of sp³-hybridized carbons (Fsp3) is 0.316. The van der Waals surface area contributed by atoms with Gasteiger partial charge in [0, 0.05) is 17.7 Å². The number of aromatic amines is 1. The molecule has 2 heterocycles. The van der Waals surface area contributed by atoms with Crippen LogP contribution in [0.5, 0.6) is 0 Å². The summed E-state index contributed by atoms with van der Waals surface area (Å²) in [6, 6.07) is 10.5. The fourth-order valence-electron chi connectivity index (χ4n) is 2.72. The molecule has 25 heavy (non-hydrogen) atoms. The van der Waals surface area contributed by atoms with Crippen molar-refractivity contribution in [1.82, 2.24) is 20.3 Å². The molecule has 0 atom stereocenters. The first-order valence-corrected chi connectivity index (χ1v) is 9.45. The molecule has 0 fully saturated rings. The molecule has 130 valence electrons. The molecule has 3 rings (SSSR count). The Kier molecular flexibility index (Phi) is 5.19. The quantitative estimate of drug-likeness (QED) is 0.449. The summed E-state index contributed by atoms with van der Waals surface area (Å²) in [6.45, 7) is 7.34. The molecule has 0 spiro atoms. The van der Waals surface area contributed by atoms with Crippen molar-refractivity contribution in [3.63, 3.8) is 0 Å². The molecular weight excluding hydrogens is 425 g/mol. The first-order chi connectivity index (χ1) is 11.9. The Morgan fingerprint density at radius 2 is 2.04 bits per heavy atom. The minimum absolute atomic E-state index is 0.0996. The Morgan fingerprint density at radius 3 is 2.72 bits per heavy atom. The van der Waals surface area contributed by atoms with E-state index in [1.54, 1.807) is 4.22 Å². The fourth-order valence-corrected chi connectivity index (χ4v) is 2.98. The maximum atomic E-state index is 4.75. The first kappa shape index (κ1) is 18.0. The van der Waals surface area contributed by atoms with Crippen molar-refractivity contribution in [3.8, 4) is 11.4 Å². The zero-order valence-electron chi connectivity index (χ0n) is 14.9. The highest BCUT2D eigenvalue weighted by atomic mass is 127. The third-order valence-electron chi connectivity index (χ3n) is 4.07. The summed E-state index contributed by atoms with van der Waals surface area (Å²) in [4.78, 5) is 17.1. The van der Waals surface area contributed by atoms with Crippen molar-refractivity contribution in [2.75, 3.05) is 7.05 Å². The number of H-pyrrole nitrogens is 1. The largest absolute Gasteiger partial charge is 0.323 e. The first-order valence-electron chi connectivity index (χ1n) is 8.20. The maximum Gasteiger partial charge on any atom is 0.160 e. The highest BCUT2D eigenvalue weighted by molar-refractivity contribution is 14.1. The lowest BCUT2D eigenvalue weighted by molar-refractivity contribution is 0.590. The number of halogens is 1. The smallest absolute Gasteiger partial charge is 0.160 e. The summed E-state index contributed by atoms with van der Waals surface area (Å²) < 4.78 is 1.73. The van der Waals surface area contributed by atoms with Gasteiger partial charge < -0.3 is 10.3 Å². The SMILES string of the molecule is CNCc1cc2nc(-c3cccc(C(C)(C)C)c3)[nH]c2nc1/N=C/I. The number of benzene rings is 1. The molecule has 6 heteroatoms. The van der Waals surface area contributed by atoms with Gasteiger partial charge in [0.25, 0.3) is 0 Å². The van der Waals surface area contributed by atoms with Gasteiger partial charge in [0.05, 0.1) is 4.22 Å².